The maximum Gasteiger partial charge on any atom is 0.190 e. The number of hydrogen-bond acceptors (Lipinski definition) is 6. The van der Waals surface area contributed by atoms with Crippen LogP contribution < -0.4 is 0 Å². The van der Waals surface area contributed by atoms with E-state index < -0.39 is 36.5 Å². The third kappa shape index (κ3) is 2.74. The second-order valence-corrected chi connectivity index (χ2v) is 4.95. The summed E-state index contributed by atoms with van der Waals surface area (Å²) in [5, 5.41) is 19.9. The lowest BCUT2D eigenvalue weighted by atomic mass is 10.1. The van der Waals surface area contributed by atoms with Gasteiger partial charge in [-0.2, -0.15) is 0 Å². The average Bonchev–Trinajstić information content (AvgIpc) is 2.74. The zero-order chi connectivity index (χ0) is 13.3. The lowest BCUT2D eigenvalue weighted by Crippen LogP contribution is -2.42. The standard InChI is InChI=1S/C12H20O6/c1-4-5-15-6-7(13)9-8(14)10-11(16-9)18-12(2,3)17-10/h4,7-11,13-14H,1,5-6H2,2-3H3/t7-,8+,9-,10-,11-/m1/s1. The molecule has 0 unspecified atom stereocenters. The van der Waals surface area contributed by atoms with Gasteiger partial charge in [-0.25, -0.2) is 0 Å². The van der Waals surface area contributed by atoms with Gasteiger partial charge in [-0.05, 0) is 13.8 Å². The highest BCUT2D eigenvalue weighted by Crippen LogP contribution is 2.38. The van der Waals surface area contributed by atoms with Crippen molar-refractivity contribution < 1.29 is 29.2 Å². The van der Waals surface area contributed by atoms with Crippen LogP contribution in [0.25, 0.3) is 0 Å². The highest BCUT2D eigenvalue weighted by molar-refractivity contribution is 4.95. The molecule has 0 amide bonds. The van der Waals surface area contributed by atoms with Crippen molar-refractivity contribution in [1.82, 2.24) is 0 Å². The molecule has 0 aromatic rings. The Balaban J connectivity index is 1.88. The van der Waals surface area contributed by atoms with Gasteiger partial charge in [-0.15, -0.1) is 6.58 Å². The zero-order valence-electron chi connectivity index (χ0n) is 10.6. The van der Waals surface area contributed by atoms with Crippen molar-refractivity contribution in [2.24, 2.45) is 0 Å². The Morgan fingerprint density at radius 1 is 1.44 bits per heavy atom. The van der Waals surface area contributed by atoms with E-state index in [4.69, 9.17) is 18.9 Å². The van der Waals surface area contributed by atoms with Gasteiger partial charge in [0.15, 0.2) is 12.1 Å². The quantitative estimate of drug-likeness (QED) is 0.526. The SMILES string of the molecule is C=CCOC[C@@H](O)[C@H]1O[C@@H]2OC(C)(C)O[C@@H]2[C@H]1O. The summed E-state index contributed by atoms with van der Waals surface area (Å²) < 4.78 is 21.6. The number of fused-ring (bicyclic) bond motifs is 1. The first-order chi connectivity index (χ1) is 8.44. The molecule has 2 saturated heterocycles. The van der Waals surface area contributed by atoms with Crippen LogP contribution in [0.1, 0.15) is 13.8 Å². The van der Waals surface area contributed by atoms with Crippen molar-refractivity contribution in [1.29, 1.82) is 0 Å². The van der Waals surface area contributed by atoms with Crippen LogP contribution in [0.5, 0.6) is 0 Å². The molecule has 0 saturated carbocycles. The average molecular weight is 260 g/mol. The molecule has 2 heterocycles. The van der Waals surface area contributed by atoms with Gasteiger partial charge >= 0.3 is 0 Å². The van der Waals surface area contributed by atoms with E-state index in [9.17, 15) is 10.2 Å². The number of rotatable bonds is 5. The van der Waals surface area contributed by atoms with Gasteiger partial charge in [-0.3, -0.25) is 0 Å². The molecule has 2 aliphatic rings. The van der Waals surface area contributed by atoms with E-state index in [1.165, 1.54) is 0 Å². The van der Waals surface area contributed by atoms with Crippen molar-refractivity contribution in [3.8, 4) is 0 Å². The van der Waals surface area contributed by atoms with Crippen LogP contribution >= 0.6 is 0 Å². The first-order valence-electron chi connectivity index (χ1n) is 6.00. The molecule has 0 aromatic heterocycles. The topological polar surface area (TPSA) is 77.4 Å². The lowest BCUT2D eigenvalue weighted by molar-refractivity contribution is -0.228. The number of aliphatic hydroxyl groups is 2. The van der Waals surface area contributed by atoms with Gasteiger partial charge in [0.2, 0.25) is 0 Å². The van der Waals surface area contributed by atoms with Gasteiger partial charge in [-0.1, -0.05) is 6.08 Å². The molecule has 104 valence electrons. The molecule has 18 heavy (non-hydrogen) atoms. The Bertz CT molecular complexity index is 305. The van der Waals surface area contributed by atoms with Crippen molar-refractivity contribution in [3.63, 3.8) is 0 Å². The highest BCUT2D eigenvalue weighted by Gasteiger charge is 2.55. The summed E-state index contributed by atoms with van der Waals surface area (Å²) in [5.41, 5.74) is 0. The Morgan fingerprint density at radius 2 is 2.17 bits per heavy atom. The summed E-state index contributed by atoms with van der Waals surface area (Å²) in [6, 6.07) is 0. The van der Waals surface area contributed by atoms with Crippen molar-refractivity contribution in [3.05, 3.63) is 12.7 Å². The van der Waals surface area contributed by atoms with E-state index in [0.29, 0.717) is 6.61 Å². The summed E-state index contributed by atoms with van der Waals surface area (Å²) in [5.74, 6) is -0.772. The fourth-order valence-electron chi connectivity index (χ4n) is 2.20. The highest BCUT2D eigenvalue weighted by atomic mass is 16.8. The maximum absolute atomic E-state index is 10.1. The van der Waals surface area contributed by atoms with Crippen molar-refractivity contribution >= 4 is 0 Å². The third-order valence-corrected chi connectivity index (χ3v) is 2.96. The number of aliphatic hydroxyl groups excluding tert-OH is 2. The van der Waals surface area contributed by atoms with E-state index in [1.54, 1.807) is 19.9 Å². The third-order valence-electron chi connectivity index (χ3n) is 2.96. The van der Waals surface area contributed by atoms with E-state index in [2.05, 4.69) is 6.58 Å². The van der Waals surface area contributed by atoms with E-state index >= 15 is 0 Å². The molecule has 0 bridgehead atoms. The molecule has 6 heteroatoms. The van der Waals surface area contributed by atoms with Crippen LogP contribution in [0, 0.1) is 0 Å². The molecular weight excluding hydrogens is 240 g/mol. The number of ether oxygens (including phenoxy) is 4. The predicted molar refractivity (Wildman–Crippen MR) is 61.7 cm³/mol. The summed E-state index contributed by atoms with van der Waals surface area (Å²) in [6.07, 6.45) is -2.25. The summed E-state index contributed by atoms with van der Waals surface area (Å²) in [4.78, 5) is 0. The molecular formula is C12H20O6. The molecule has 0 spiro atoms. The first kappa shape index (κ1) is 13.9. The Hall–Kier alpha value is -0.500. The molecule has 0 aliphatic carbocycles. The fourth-order valence-corrected chi connectivity index (χ4v) is 2.20. The minimum absolute atomic E-state index is 0.0661. The van der Waals surface area contributed by atoms with Gasteiger partial charge in [0.05, 0.1) is 13.2 Å². The fraction of sp³-hybridized carbons (Fsp3) is 0.833. The van der Waals surface area contributed by atoms with E-state index in [1.807, 2.05) is 0 Å². The van der Waals surface area contributed by atoms with E-state index in [0.717, 1.165) is 0 Å². The maximum atomic E-state index is 10.1. The zero-order valence-corrected chi connectivity index (χ0v) is 10.6. The second kappa shape index (κ2) is 5.24. The molecule has 0 aromatic carbocycles. The van der Waals surface area contributed by atoms with Crippen LogP contribution in [0.2, 0.25) is 0 Å². The molecule has 5 atom stereocenters. The lowest BCUT2D eigenvalue weighted by Gasteiger charge is -2.25. The summed E-state index contributed by atoms with van der Waals surface area (Å²) in [7, 11) is 0. The molecule has 6 nitrogen and oxygen atoms in total. The minimum Gasteiger partial charge on any atom is -0.388 e. The normalized spacial score (nSPS) is 39.6. The largest absolute Gasteiger partial charge is 0.388 e. The van der Waals surface area contributed by atoms with Crippen LogP contribution in [-0.4, -0.2) is 59.9 Å². The molecule has 2 fully saturated rings. The van der Waals surface area contributed by atoms with Crippen molar-refractivity contribution in [2.45, 2.75) is 50.3 Å². The van der Waals surface area contributed by atoms with Crippen LogP contribution in [0.4, 0.5) is 0 Å². The Kier molecular flexibility index (Phi) is 4.05. The number of hydrogen-bond donors (Lipinski definition) is 2. The Morgan fingerprint density at radius 3 is 2.78 bits per heavy atom. The van der Waals surface area contributed by atoms with Crippen LogP contribution in [0.15, 0.2) is 12.7 Å². The smallest absolute Gasteiger partial charge is 0.190 e. The van der Waals surface area contributed by atoms with E-state index in [-0.39, 0.29) is 6.61 Å². The summed E-state index contributed by atoms with van der Waals surface area (Å²) in [6.45, 7) is 7.41. The minimum atomic E-state index is -0.931. The van der Waals surface area contributed by atoms with Crippen molar-refractivity contribution in [2.75, 3.05) is 13.2 Å². The van der Waals surface area contributed by atoms with Crippen LogP contribution in [0.3, 0.4) is 0 Å². The van der Waals surface area contributed by atoms with Crippen LogP contribution in [-0.2, 0) is 18.9 Å². The second-order valence-electron chi connectivity index (χ2n) is 4.95. The van der Waals surface area contributed by atoms with Gasteiger partial charge in [0.1, 0.15) is 24.4 Å². The van der Waals surface area contributed by atoms with Gasteiger partial charge in [0.25, 0.3) is 0 Å². The Labute approximate surface area is 106 Å². The van der Waals surface area contributed by atoms with Gasteiger partial charge < -0.3 is 29.2 Å². The first-order valence-corrected chi connectivity index (χ1v) is 6.00. The molecule has 0 radical (unpaired) electrons. The molecule has 2 rings (SSSR count). The summed E-state index contributed by atoms with van der Waals surface area (Å²) >= 11 is 0. The monoisotopic (exact) mass is 260 g/mol. The molecule has 2 aliphatic heterocycles. The van der Waals surface area contributed by atoms with Gasteiger partial charge in [0, 0.05) is 0 Å². The predicted octanol–water partition coefficient (Wildman–Crippen LogP) is -0.213. The molecule has 2 N–H and O–H groups in total.